The van der Waals surface area contributed by atoms with E-state index in [0.717, 1.165) is 0 Å². The van der Waals surface area contributed by atoms with Gasteiger partial charge in [0.1, 0.15) is 0 Å². The summed E-state index contributed by atoms with van der Waals surface area (Å²) < 4.78 is 5.24. The summed E-state index contributed by atoms with van der Waals surface area (Å²) >= 11 is 0. The average Bonchev–Trinajstić information content (AvgIpc) is 3.02. The van der Waals surface area contributed by atoms with Gasteiger partial charge in [-0.3, -0.25) is 19.5 Å². The zero-order chi connectivity index (χ0) is 22.7. The van der Waals surface area contributed by atoms with Gasteiger partial charge in [0.25, 0.3) is 5.91 Å². The monoisotopic (exact) mass is 422 g/mol. The molecule has 1 amide bonds. The third-order valence-electron chi connectivity index (χ3n) is 4.93. The van der Waals surface area contributed by atoms with E-state index in [9.17, 15) is 19.5 Å². The number of rotatable bonds is 7. The third-order valence-corrected chi connectivity index (χ3v) is 4.93. The van der Waals surface area contributed by atoms with Gasteiger partial charge in [-0.1, -0.05) is 33.8 Å². The van der Waals surface area contributed by atoms with Crippen LogP contribution >= 0.6 is 0 Å². The first-order valence-electron chi connectivity index (χ1n) is 10.2. The first-order chi connectivity index (χ1) is 14.7. The fraction of sp³-hybridized carbons (Fsp3) is 0.333. The Morgan fingerprint density at radius 2 is 1.81 bits per heavy atom. The van der Waals surface area contributed by atoms with E-state index in [4.69, 9.17) is 4.74 Å². The number of esters is 1. The van der Waals surface area contributed by atoms with Crippen LogP contribution in [0.5, 0.6) is 0 Å². The van der Waals surface area contributed by atoms with Crippen LogP contribution in [0.1, 0.15) is 49.7 Å². The molecule has 0 spiro atoms. The number of aliphatic hydroxyl groups excluding tert-OH is 1. The molecule has 1 N–H and O–H groups in total. The zero-order valence-electron chi connectivity index (χ0n) is 18.0. The predicted molar refractivity (Wildman–Crippen MR) is 116 cm³/mol. The number of nitrogens with zero attached hydrogens (tertiary/aromatic N) is 2. The Balaban J connectivity index is 1.98. The lowest BCUT2D eigenvalue weighted by molar-refractivity contribution is -0.119. The summed E-state index contributed by atoms with van der Waals surface area (Å²) in [4.78, 5) is 43.5. The van der Waals surface area contributed by atoms with Crippen LogP contribution < -0.4 is 4.90 Å². The number of carbonyl (C=O) groups is 3. The van der Waals surface area contributed by atoms with Crippen LogP contribution in [0.15, 0.2) is 60.1 Å². The van der Waals surface area contributed by atoms with E-state index in [1.807, 2.05) is 13.8 Å². The zero-order valence-corrected chi connectivity index (χ0v) is 18.0. The van der Waals surface area contributed by atoms with Gasteiger partial charge in [0.15, 0.2) is 11.5 Å². The van der Waals surface area contributed by atoms with E-state index in [2.05, 4.69) is 4.98 Å². The molecule has 2 heterocycles. The summed E-state index contributed by atoms with van der Waals surface area (Å²) in [5, 5.41) is 10.6. The van der Waals surface area contributed by atoms with Gasteiger partial charge in [0, 0.05) is 24.0 Å². The van der Waals surface area contributed by atoms with Crippen molar-refractivity contribution < 1.29 is 24.2 Å². The number of ketones is 1. The minimum absolute atomic E-state index is 0.0495. The largest absolute Gasteiger partial charge is 0.503 e. The molecular formula is C24H26N2O5. The lowest BCUT2D eigenvalue weighted by Gasteiger charge is -2.27. The molecule has 0 radical (unpaired) electrons. The molecule has 1 aliphatic rings. The quantitative estimate of drug-likeness (QED) is 0.677. The molecule has 0 aliphatic carbocycles. The molecular weight excluding hydrogens is 396 g/mol. The van der Waals surface area contributed by atoms with Gasteiger partial charge in [0.2, 0.25) is 0 Å². The Bertz CT molecular complexity index is 1010. The molecule has 7 heteroatoms. The lowest BCUT2D eigenvalue weighted by atomic mass is 9.92. The van der Waals surface area contributed by atoms with Gasteiger partial charge in [-0.25, -0.2) is 4.79 Å². The number of ether oxygens (including phenoxy) is 1. The number of hydrogen-bond acceptors (Lipinski definition) is 6. The number of aromatic nitrogens is 1. The summed E-state index contributed by atoms with van der Waals surface area (Å²) in [5.41, 5.74) is 1.44. The fourth-order valence-electron chi connectivity index (χ4n) is 3.37. The third kappa shape index (κ3) is 4.50. The van der Waals surface area contributed by atoms with Crippen LogP contribution in [-0.4, -0.2) is 34.4 Å². The first-order valence-corrected chi connectivity index (χ1v) is 10.2. The molecule has 2 aromatic rings. The molecule has 1 aromatic heterocycles. The van der Waals surface area contributed by atoms with E-state index in [0.29, 0.717) is 23.4 Å². The van der Waals surface area contributed by atoms with Crippen molar-refractivity contribution in [1.29, 1.82) is 0 Å². The van der Waals surface area contributed by atoms with Crippen LogP contribution in [0.3, 0.4) is 0 Å². The Hall–Kier alpha value is -3.48. The summed E-state index contributed by atoms with van der Waals surface area (Å²) in [6.07, 6.45) is 3.16. The number of amides is 1. The maximum Gasteiger partial charge on any atom is 0.338 e. The van der Waals surface area contributed by atoms with Gasteiger partial charge in [-0.2, -0.15) is 0 Å². The average molecular weight is 422 g/mol. The number of carbonyl (C=O) groups excluding carboxylic acids is 3. The van der Waals surface area contributed by atoms with Crippen molar-refractivity contribution in [1.82, 2.24) is 4.98 Å². The van der Waals surface area contributed by atoms with Gasteiger partial charge >= 0.3 is 5.97 Å². The highest BCUT2D eigenvalue weighted by Gasteiger charge is 2.44. The molecule has 0 fully saturated rings. The van der Waals surface area contributed by atoms with Crippen LogP contribution in [-0.2, 0) is 14.3 Å². The number of hydrogen-bond donors (Lipinski definition) is 1. The molecule has 0 saturated carbocycles. The highest BCUT2D eigenvalue weighted by molar-refractivity contribution is 6.16. The molecule has 1 aliphatic heterocycles. The maximum absolute atomic E-state index is 13.0. The van der Waals surface area contributed by atoms with Crippen molar-refractivity contribution >= 4 is 23.3 Å². The molecule has 31 heavy (non-hydrogen) atoms. The normalized spacial score (nSPS) is 16.4. The molecule has 1 atom stereocenters. The Morgan fingerprint density at radius 3 is 2.35 bits per heavy atom. The molecule has 3 rings (SSSR count). The van der Waals surface area contributed by atoms with Crippen molar-refractivity contribution in [3.63, 3.8) is 0 Å². The van der Waals surface area contributed by atoms with E-state index >= 15 is 0 Å². The molecule has 0 saturated heterocycles. The SMILES string of the molecule is CC(C)COC(=O)c1ccc(N2C(=O)C(O)=C(C(=O)C(C)C)C2c2cccnc2)cc1. The standard InChI is InChI=1S/C24H26N2O5/c1-14(2)13-31-24(30)16-7-9-18(10-8-16)26-20(17-6-5-11-25-12-17)19(21(27)15(3)4)22(28)23(26)29/h5-12,14-15,20,28H,13H2,1-4H3. The van der Waals surface area contributed by atoms with Gasteiger partial charge in [-0.15, -0.1) is 0 Å². The number of aliphatic hydroxyl groups is 1. The molecule has 1 unspecified atom stereocenters. The van der Waals surface area contributed by atoms with Crippen molar-refractivity contribution in [2.75, 3.05) is 11.5 Å². The molecule has 0 bridgehead atoms. The van der Waals surface area contributed by atoms with Crippen molar-refractivity contribution in [3.05, 3.63) is 71.3 Å². The second kappa shape index (κ2) is 9.12. The summed E-state index contributed by atoms with van der Waals surface area (Å²) in [6, 6.07) is 8.97. The van der Waals surface area contributed by atoms with Gasteiger partial charge in [0.05, 0.1) is 23.8 Å². The number of anilines is 1. The predicted octanol–water partition coefficient (Wildman–Crippen LogP) is 4.02. The van der Waals surface area contributed by atoms with E-state index in [-0.39, 0.29) is 17.3 Å². The van der Waals surface area contributed by atoms with Crippen LogP contribution in [0, 0.1) is 11.8 Å². The summed E-state index contributed by atoms with van der Waals surface area (Å²) in [6.45, 7) is 7.64. The Kier molecular flexibility index (Phi) is 6.53. The van der Waals surface area contributed by atoms with Crippen LogP contribution in [0.4, 0.5) is 5.69 Å². The topological polar surface area (TPSA) is 96.8 Å². The summed E-state index contributed by atoms with van der Waals surface area (Å²) in [7, 11) is 0. The maximum atomic E-state index is 13.0. The van der Waals surface area contributed by atoms with Gasteiger partial charge < -0.3 is 9.84 Å². The Labute approximate surface area is 181 Å². The minimum Gasteiger partial charge on any atom is -0.503 e. The minimum atomic E-state index is -0.810. The van der Waals surface area contributed by atoms with Gasteiger partial charge in [-0.05, 0) is 41.8 Å². The highest BCUT2D eigenvalue weighted by Crippen LogP contribution is 2.41. The van der Waals surface area contributed by atoms with E-state index < -0.39 is 29.6 Å². The van der Waals surface area contributed by atoms with Crippen molar-refractivity contribution in [3.8, 4) is 0 Å². The van der Waals surface area contributed by atoms with Crippen molar-refractivity contribution in [2.45, 2.75) is 33.7 Å². The first kappa shape index (κ1) is 22.2. The smallest absolute Gasteiger partial charge is 0.338 e. The van der Waals surface area contributed by atoms with Crippen molar-refractivity contribution in [2.24, 2.45) is 11.8 Å². The Morgan fingerprint density at radius 1 is 1.13 bits per heavy atom. The number of Topliss-reactive ketones (excluding diaryl/α,β-unsaturated/α-hetero) is 1. The van der Waals surface area contributed by atoms with Crippen LogP contribution in [0.25, 0.3) is 0 Å². The fourth-order valence-corrected chi connectivity index (χ4v) is 3.37. The number of benzene rings is 1. The highest BCUT2D eigenvalue weighted by atomic mass is 16.5. The van der Waals surface area contributed by atoms with E-state index in [1.54, 1.807) is 62.6 Å². The molecule has 162 valence electrons. The molecule has 7 nitrogen and oxygen atoms in total. The lowest BCUT2D eigenvalue weighted by Crippen LogP contribution is -2.31. The second-order valence-electron chi connectivity index (χ2n) is 8.18. The molecule has 1 aromatic carbocycles. The van der Waals surface area contributed by atoms with Crippen LogP contribution in [0.2, 0.25) is 0 Å². The summed E-state index contributed by atoms with van der Waals surface area (Å²) in [5.74, 6) is -2.18. The second-order valence-corrected chi connectivity index (χ2v) is 8.18. The van der Waals surface area contributed by atoms with E-state index in [1.165, 1.54) is 4.90 Å². The number of pyridine rings is 1.